The van der Waals surface area contributed by atoms with Gasteiger partial charge in [-0.05, 0) is 64.8 Å². The van der Waals surface area contributed by atoms with Crippen molar-refractivity contribution in [3.8, 4) is 11.5 Å². The van der Waals surface area contributed by atoms with E-state index in [1.165, 1.54) is 12.1 Å². The van der Waals surface area contributed by atoms with Crippen LogP contribution in [0.2, 0.25) is 0 Å². The molecule has 0 fully saturated rings. The number of carbonyl (C=O) groups is 1. The number of carboxylic acids is 1. The minimum atomic E-state index is -0.966. The van der Waals surface area contributed by atoms with E-state index in [1.807, 2.05) is 25.1 Å². The zero-order valence-electron chi connectivity index (χ0n) is 9.98. The Morgan fingerprint density at radius 2 is 1.84 bits per heavy atom. The van der Waals surface area contributed by atoms with Crippen molar-refractivity contribution in [2.75, 3.05) is 0 Å². The lowest BCUT2D eigenvalue weighted by Gasteiger charge is -2.09. The van der Waals surface area contributed by atoms with Crippen LogP contribution in [0.3, 0.4) is 0 Å². The van der Waals surface area contributed by atoms with Gasteiger partial charge in [-0.2, -0.15) is 0 Å². The van der Waals surface area contributed by atoms with Gasteiger partial charge in [0.25, 0.3) is 0 Å². The molecule has 0 aromatic heterocycles. The molecule has 0 aliphatic rings. The number of hydrogen-bond acceptors (Lipinski definition) is 2. The van der Waals surface area contributed by atoms with E-state index in [-0.39, 0.29) is 5.56 Å². The van der Waals surface area contributed by atoms with Crippen LogP contribution in [0.4, 0.5) is 0 Å². The van der Waals surface area contributed by atoms with Gasteiger partial charge in [-0.3, -0.25) is 0 Å². The van der Waals surface area contributed by atoms with Crippen molar-refractivity contribution in [1.82, 2.24) is 0 Å². The van der Waals surface area contributed by atoms with E-state index in [2.05, 4.69) is 31.9 Å². The van der Waals surface area contributed by atoms with E-state index in [0.29, 0.717) is 16.0 Å². The maximum Gasteiger partial charge on any atom is 0.335 e. The van der Waals surface area contributed by atoms with Crippen LogP contribution < -0.4 is 4.74 Å². The molecule has 0 amide bonds. The minimum Gasteiger partial charge on any atom is -0.478 e. The monoisotopic (exact) mass is 384 g/mol. The van der Waals surface area contributed by atoms with Crippen LogP contribution in [-0.2, 0) is 0 Å². The molecule has 0 bridgehead atoms. The quantitative estimate of drug-likeness (QED) is 0.807. The zero-order valence-corrected chi connectivity index (χ0v) is 13.2. The van der Waals surface area contributed by atoms with E-state index in [4.69, 9.17) is 9.84 Å². The lowest BCUT2D eigenvalue weighted by molar-refractivity contribution is 0.0697. The molecule has 0 saturated carbocycles. The van der Waals surface area contributed by atoms with Crippen molar-refractivity contribution in [2.24, 2.45) is 0 Å². The molecule has 0 aliphatic heterocycles. The molecule has 0 spiro atoms. The first-order chi connectivity index (χ1) is 8.97. The summed E-state index contributed by atoms with van der Waals surface area (Å²) in [4.78, 5) is 10.8. The molecule has 3 nitrogen and oxygen atoms in total. The molecule has 2 aromatic carbocycles. The van der Waals surface area contributed by atoms with Crippen molar-refractivity contribution < 1.29 is 14.6 Å². The molecule has 0 saturated heterocycles. The Hall–Kier alpha value is -1.33. The molecule has 0 radical (unpaired) electrons. The number of aromatic carboxylic acids is 1. The second-order valence-corrected chi connectivity index (χ2v) is 5.67. The molecule has 1 N–H and O–H groups in total. The Labute approximate surface area is 127 Å². The van der Waals surface area contributed by atoms with E-state index < -0.39 is 5.97 Å². The highest BCUT2D eigenvalue weighted by atomic mass is 79.9. The Balaban J connectivity index is 2.28. The first-order valence-corrected chi connectivity index (χ1v) is 7.03. The predicted molar refractivity (Wildman–Crippen MR) is 80.1 cm³/mol. The molecule has 2 aromatic rings. The van der Waals surface area contributed by atoms with Crippen LogP contribution in [-0.4, -0.2) is 11.1 Å². The van der Waals surface area contributed by atoms with Gasteiger partial charge in [0.05, 0.1) is 10.0 Å². The molecular weight excluding hydrogens is 376 g/mol. The van der Waals surface area contributed by atoms with Crippen LogP contribution in [0.1, 0.15) is 15.9 Å². The molecule has 2 rings (SSSR count). The lowest BCUT2D eigenvalue weighted by atomic mass is 10.2. The van der Waals surface area contributed by atoms with E-state index in [9.17, 15) is 4.79 Å². The molecule has 98 valence electrons. The Morgan fingerprint density at radius 3 is 2.42 bits per heavy atom. The summed E-state index contributed by atoms with van der Waals surface area (Å²) in [5, 5.41) is 8.89. The standard InChI is InChI=1S/C14H10Br2O3/c1-8-6-10(3-4-11(8)15)19-13-5-2-9(14(17)18)7-12(13)16/h2-7H,1H3,(H,17,18). The SMILES string of the molecule is Cc1cc(Oc2ccc(C(=O)O)cc2Br)ccc1Br. The zero-order chi connectivity index (χ0) is 14.0. The number of aryl methyl sites for hydroxylation is 1. The van der Waals surface area contributed by atoms with Crippen LogP contribution in [0, 0.1) is 6.92 Å². The van der Waals surface area contributed by atoms with E-state index >= 15 is 0 Å². The van der Waals surface area contributed by atoms with Gasteiger partial charge in [0.1, 0.15) is 11.5 Å². The number of rotatable bonds is 3. The van der Waals surface area contributed by atoms with Crippen molar-refractivity contribution in [1.29, 1.82) is 0 Å². The summed E-state index contributed by atoms with van der Waals surface area (Å²) >= 11 is 6.73. The van der Waals surface area contributed by atoms with Crippen LogP contribution in [0.5, 0.6) is 11.5 Å². The molecule has 0 unspecified atom stereocenters. The van der Waals surface area contributed by atoms with E-state index in [0.717, 1.165) is 10.0 Å². The van der Waals surface area contributed by atoms with Gasteiger partial charge < -0.3 is 9.84 Å². The maximum atomic E-state index is 10.8. The summed E-state index contributed by atoms with van der Waals surface area (Å²) in [6, 6.07) is 10.3. The fourth-order valence-electron chi connectivity index (χ4n) is 1.52. The maximum absolute atomic E-state index is 10.8. The predicted octanol–water partition coefficient (Wildman–Crippen LogP) is 5.01. The van der Waals surface area contributed by atoms with Gasteiger partial charge in [-0.15, -0.1) is 0 Å². The molecule has 5 heteroatoms. The van der Waals surface area contributed by atoms with Gasteiger partial charge >= 0.3 is 5.97 Å². The Kier molecular flexibility index (Phi) is 4.27. The summed E-state index contributed by atoms with van der Waals surface area (Å²) in [5.74, 6) is 0.308. The summed E-state index contributed by atoms with van der Waals surface area (Å²) < 4.78 is 7.34. The van der Waals surface area contributed by atoms with Gasteiger partial charge in [-0.1, -0.05) is 15.9 Å². The number of carboxylic acid groups (broad SMARTS) is 1. The van der Waals surface area contributed by atoms with Crippen LogP contribution in [0.25, 0.3) is 0 Å². The first-order valence-electron chi connectivity index (χ1n) is 5.44. The number of hydrogen-bond donors (Lipinski definition) is 1. The Bertz CT molecular complexity index is 639. The van der Waals surface area contributed by atoms with Crippen molar-refractivity contribution in [3.05, 3.63) is 56.5 Å². The highest BCUT2D eigenvalue weighted by Gasteiger charge is 2.08. The molecule has 0 aliphatic carbocycles. The minimum absolute atomic E-state index is 0.214. The average molecular weight is 386 g/mol. The summed E-state index contributed by atoms with van der Waals surface area (Å²) in [7, 11) is 0. The first kappa shape index (κ1) is 14.1. The molecule has 19 heavy (non-hydrogen) atoms. The molecule has 0 atom stereocenters. The third-order valence-electron chi connectivity index (χ3n) is 2.54. The van der Waals surface area contributed by atoms with Gasteiger partial charge in [0.2, 0.25) is 0 Å². The van der Waals surface area contributed by atoms with Gasteiger partial charge in [0, 0.05) is 4.47 Å². The summed E-state index contributed by atoms with van der Waals surface area (Å²) in [6.45, 7) is 1.97. The van der Waals surface area contributed by atoms with E-state index in [1.54, 1.807) is 6.07 Å². The second-order valence-electron chi connectivity index (χ2n) is 3.96. The number of halogens is 2. The Morgan fingerprint density at radius 1 is 1.11 bits per heavy atom. The summed E-state index contributed by atoms with van der Waals surface area (Å²) in [5.41, 5.74) is 1.28. The molecular formula is C14H10Br2O3. The largest absolute Gasteiger partial charge is 0.478 e. The highest BCUT2D eigenvalue weighted by molar-refractivity contribution is 9.10. The van der Waals surface area contributed by atoms with Crippen LogP contribution in [0.15, 0.2) is 45.3 Å². The molecule has 0 heterocycles. The van der Waals surface area contributed by atoms with Crippen molar-refractivity contribution in [2.45, 2.75) is 6.92 Å². The number of ether oxygens (including phenoxy) is 1. The van der Waals surface area contributed by atoms with Crippen molar-refractivity contribution >= 4 is 37.8 Å². The third kappa shape index (κ3) is 3.36. The summed E-state index contributed by atoms with van der Waals surface area (Å²) in [6.07, 6.45) is 0. The lowest BCUT2D eigenvalue weighted by Crippen LogP contribution is -1.96. The highest BCUT2D eigenvalue weighted by Crippen LogP contribution is 2.32. The van der Waals surface area contributed by atoms with Gasteiger partial charge in [-0.25, -0.2) is 4.79 Å². The van der Waals surface area contributed by atoms with Crippen molar-refractivity contribution in [3.63, 3.8) is 0 Å². The number of benzene rings is 2. The smallest absolute Gasteiger partial charge is 0.335 e. The third-order valence-corrected chi connectivity index (χ3v) is 4.05. The topological polar surface area (TPSA) is 46.5 Å². The van der Waals surface area contributed by atoms with Gasteiger partial charge in [0.15, 0.2) is 0 Å². The average Bonchev–Trinajstić information content (AvgIpc) is 2.36. The normalized spacial score (nSPS) is 10.3. The fourth-order valence-corrected chi connectivity index (χ4v) is 2.23. The fraction of sp³-hybridized carbons (Fsp3) is 0.0714. The second kappa shape index (κ2) is 5.75. The van der Waals surface area contributed by atoms with Crippen LogP contribution >= 0.6 is 31.9 Å².